The first-order chi connectivity index (χ1) is 9.50. The van der Waals surface area contributed by atoms with E-state index in [1.807, 2.05) is 13.8 Å². The minimum Gasteiger partial charge on any atom is -0.464 e. The zero-order valence-electron chi connectivity index (χ0n) is 11.6. The summed E-state index contributed by atoms with van der Waals surface area (Å²) < 4.78 is 5.26. The molecule has 0 radical (unpaired) electrons. The van der Waals surface area contributed by atoms with Crippen molar-refractivity contribution < 1.29 is 14.0 Å². The first-order valence-corrected chi connectivity index (χ1v) is 6.54. The minimum atomic E-state index is -0.401. The minimum absolute atomic E-state index is 0.0810. The second-order valence-electron chi connectivity index (χ2n) is 5.10. The first kappa shape index (κ1) is 14.1. The molecule has 0 aliphatic carbocycles. The van der Waals surface area contributed by atoms with Crippen molar-refractivity contribution in [2.45, 2.75) is 13.8 Å². The van der Waals surface area contributed by atoms with E-state index in [1.165, 1.54) is 0 Å². The van der Waals surface area contributed by atoms with E-state index in [1.54, 1.807) is 30.5 Å². The maximum Gasteiger partial charge on any atom is 0.252 e. The molecule has 0 fully saturated rings. The topological polar surface area (TPSA) is 85.3 Å². The Morgan fingerprint density at radius 1 is 1.30 bits per heavy atom. The molecule has 0 bridgehead atoms. The van der Waals surface area contributed by atoms with E-state index >= 15 is 0 Å². The van der Waals surface area contributed by atoms with E-state index in [0.29, 0.717) is 11.1 Å². The van der Waals surface area contributed by atoms with Crippen LogP contribution in [-0.2, 0) is 4.79 Å². The van der Waals surface area contributed by atoms with Crippen LogP contribution in [0.4, 0.5) is 0 Å². The number of carbonyl (C=O) groups excluding carboxylic acids is 2. The van der Waals surface area contributed by atoms with Crippen molar-refractivity contribution in [2.75, 3.05) is 6.54 Å². The Kier molecular flexibility index (Phi) is 4.08. The van der Waals surface area contributed by atoms with Crippen LogP contribution >= 0.6 is 0 Å². The third kappa shape index (κ3) is 2.82. The SMILES string of the molecule is CC(C)[C@H](CNC(=O)c1cccc2occc12)C(N)=O. The van der Waals surface area contributed by atoms with Crippen molar-refractivity contribution in [3.8, 4) is 0 Å². The highest BCUT2D eigenvalue weighted by molar-refractivity contribution is 6.06. The summed E-state index contributed by atoms with van der Waals surface area (Å²) in [6.07, 6.45) is 1.54. The van der Waals surface area contributed by atoms with E-state index in [2.05, 4.69) is 5.32 Å². The molecule has 3 N–H and O–H groups in total. The molecular formula is C15H18N2O3. The Hall–Kier alpha value is -2.30. The monoisotopic (exact) mass is 274 g/mol. The Balaban J connectivity index is 2.12. The van der Waals surface area contributed by atoms with Gasteiger partial charge in [-0.2, -0.15) is 0 Å². The molecular weight excluding hydrogens is 256 g/mol. The lowest BCUT2D eigenvalue weighted by Gasteiger charge is -2.17. The third-order valence-electron chi connectivity index (χ3n) is 3.39. The largest absolute Gasteiger partial charge is 0.464 e. The van der Waals surface area contributed by atoms with Crippen LogP contribution in [0.1, 0.15) is 24.2 Å². The molecule has 1 heterocycles. The second-order valence-corrected chi connectivity index (χ2v) is 5.10. The van der Waals surface area contributed by atoms with Gasteiger partial charge in [0.1, 0.15) is 5.58 Å². The van der Waals surface area contributed by atoms with Crippen LogP contribution in [0.15, 0.2) is 34.9 Å². The average molecular weight is 274 g/mol. The number of carbonyl (C=O) groups is 2. The molecule has 0 unspecified atom stereocenters. The van der Waals surface area contributed by atoms with Crippen molar-refractivity contribution in [1.82, 2.24) is 5.32 Å². The second kappa shape index (κ2) is 5.77. The van der Waals surface area contributed by atoms with Crippen LogP contribution in [0.2, 0.25) is 0 Å². The van der Waals surface area contributed by atoms with Gasteiger partial charge in [0.05, 0.1) is 17.7 Å². The molecule has 0 aliphatic heterocycles. The first-order valence-electron chi connectivity index (χ1n) is 6.54. The molecule has 1 aromatic heterocycles. The lowest BCUT2D eigenvalue weighted by atomic mass is 9.95. The molecule has 5 heteroatoms. The van der Waals surface area contributed by atoms with E-state index in [4.69, 9.17) is 10.2 Å². The van der Waals surface area contributed by atoms with Crippen LogP contribution in [0.25, 0.3) is 11.0 Å². The van der Waals surface area contributed by atoms with Crippen LogP contribution in [0.5, 0.6) is 0 Å². The number of nitrogens with two attached hydrogens (primary N) is 1. The number of nitrogens with one attached hydrogen (secondary N) is 1. The zero-order valence-corrected chi connectivity index (χ0v) is 11.6. The molecule has 0 saturated heterocycles. The molecule has 2 aromatic rings. The van der Waals surface area contributed by atoms with Gasteiger partial charge in [-0.3, -0.25) is 9.59 Å². The molecule has 1 aromatic carbocycles. The summed E-state index contributed by atoms with van der Waals surface area (Å²) in [4.78, 5) is 23.5. The molecule has 0 spiro atoms. The molecule has 5 nitrogen and oxygen atoms in total. The van der Waals surface area contributed by atoms with Gasteiger partial charge >= 0.3 is 0 Å². The summed E-state index contributed by atoms with van der Waals surface area (Å²) in [6, 6.07) is 7.03. The van der Waals surface area contributed by atoms with Crippen molar-refractivity contribution in [2.24, 2.45) is 17.6 Å². The highest BCUT2D eigenvalue weighted by Crippen LogP contribution is 2.19. The Morgan fingerprint density at radius 2 is 2.05 bits per heavy atom. The number of fused-ring (bicyclic) bond motifs is 1. The number of hydrogen-bond donors (Lipinski definition) is 2. The molecule has 2 amide bonds. The van der Waals surface area contributed by atoms with Gasteiger partial charge in [-0.05, 0) is 24.1 Å². The van der Waals surface area contributed by atoms with Crippen molar-refractivity contribution in [1.29, 1.82) is 0 Å². The quantitative estimate of drug-likeness (QED) is 0.873. The Morgan fingerprint density at radius 3 is 2.70 bits per heavy atom. The van der Waals surface area contributed by atoms with Crippen molar-refractivity contribution in [3.05, 3.63) is 36.1 Å². The van der Waals surface area contributed by atoms with Crippen LogP contribution in [0.3, 0.4) is 0 Å². The van der Waals surface area contributed by atoms with Crippen molar-refractivity contribution >= 4 is 22.8 Å². The fourth-order valence-corrected chi connectivity index (χ4v) is 2.15. The van der Waals surface area contributed by atoms with Crippen molar-refractivity contribution in [3.63, 3.8) is 0 Å². The number of primary amides is 1. The maximum atomic E-state index is 12.2. The normalized spacial score (nSPS) is 12.6. The summed E-state index contributed by atoms with van der Waals surface area (Å²) in [6.45, 7) is 4.04. The number of benzene rings is 1. The van der Waals surface area contributed by atoms with Gasteiger partial charge in [0, 0.05) is 11.9 Å². The standard InChI is InChI=1S/C15H18N2O3/c1-9(2)12(14(16)18)8-17-15(19)11-4-3-5-13-10(11)6-7-20-13/h3-7,9,12H,8H2,1-2H3,(H2,16,18)(H,17,19)/t12-/m0/s1. The van der Waals surface area contributed by atoms with E-state index in [9.17, 15) is 9.59 Å². The van der Waals surface area contributed by atoms with Gasteiger partial charge in [-0.15, -0.1) is 0 Å². The number of hydrogen-bond acceptors (Lipinski definition) is 3. The summed E-state index contributed by atoms with van der Waals surface area (Å²) >= 11 is 0. The van der Waals surface area contributed by atoms with E-state index in [0.717, 1.165) is 5.39 Å². The van der Waals surface area contributed by atoms with Crippen LogP contribution < -0.4 is 11.1 Å². The van der Waals surface area contributed by atoms with Gasteiger partial charge in [0.25, 0.3) is 5.91 Å². The predicted molar refractivity (Wildman–Crippen MR) is 76.1 cm³/mol. The van der Waals surface area contributed by atoms with Gasteiger partial charge < -0.3 is 15.5 Å². The molecule has 0 saturated carbocycles. The van der Waals surface area contributed by atoms with Crippen LogP contribution in [-0.4, -0.2) is 18.4 Å². The van der Waals surface area contributed by atoms with E-state index in [-0.39, 0.29) is 24.3 Å². The Labute approximate surface area is 117 Å². The van der Waals surface area contributed by atoms with Gasteiger partial charge in [0.15, 0.2) is 0 Å². The number of furan rings is 1. The predicted octanol–water partition coefficient (Wildman–Crippen LogP) is 1.92. The number of rotatable bonds is 5. The third-order valence-corrected chi connectivity index (χ3v) is 3.39. The smallest absolute Gasteiger partial charge is 0.252 e. The molecule has 0 aliphatic rings. The molecule has 106 valence electrons. The fourth-order valence-electron chi connectivity index (χ4n) is 2.15. The summed E-state index contributed by atoms with van der Waals surface area (Å²) in [5.74, 6) is -0.925. The van der Waals surface area contributed by atoms with E-state index < -0.39 is 5.91 Å². The van der Waals surface area contributed by atoms with Gasteiger partial charge in [-0.25, -0.2) is 0 Å². The highest BCUT2D eigenvalue weighted by Gasteiger charge is 2.21. The lowest BCUT2D eigenvalue weighted by molar-refractivity contribution is -0.122. The molecule has 1 atom stereocenters. The zero-order chi connectivity index (χ0) is 14.7. The number of amides is 2. The highest BCUT2D eigenvalue weighted by atomic mass is 16.3. The molecule has 2 rings (SSSR count). The fraction of sp³-hybridized carbons (Fsp3) is 0.333. The van der Waals surface area contributed by atoms with Crippen LogP contribution in [0, 0.1) is 11.8 Å². The maximum absolute atomic E-state index is 12.2. The summed E-state index contributed by atoms with van der Waals surface area (Å²) in [7, 11) is 0. The lowest BCUT2D eigenvalue weighted by Crippen LogP contribution is -2.38. The van der Waals surface area contributed by atoms with Gasteiger partial charge in [-0.1, -0.05) is 19.9 Å². The molecule has 20 heavy (non-hydrogen) atoms. The average Bonchev–Trinajstić information content (AvgIpc) is 2.85. The Bertz CT molecular complexity index is 631. The van der Waals surface area contributed by atoms with Gasteiger partial charge in [0.2, 0.25) is 5.91 Å². The summed E-state index contributed by atoms with van der Waals surface area (Å²) in [5, 5.41) is 3.52. The summed E-state index contributed by atoms with van der Waals surface area (Å²) in [5.41, 5.74) is 6.52.